The fourth-order valence-corrected chi connectivity index (χ4v) is 2.76. The van der Waals surface area contributed by atoms with Gasteiger partial charge < -0.3 is 9.84 Å². The number of ether oxygens (including phenoxy) is 1. The van der Waals surface area contributed by atoms with Gasteiger partial charge in [0.15, 0.2) is 0 Å². The first kappa shape index (κ1) is 12.8. The molecule has 2 aliphatic rings. The predicted octanol–water partition coefficient (Wildman–Crippen LogP) is 3.10. The molecule has 2 aliphatic carbocycles. The molecule has 0 radical (unpaired) electrons. The van der Waals surface area contributed by atoms with E-state index in [0.29, 0.717) is 29.7 Å². The Morgan fingerprint density at radius 1 is 1.32 bits per heavy atom. The van der Waals surface area contributed by atoms with E-state index in [1.54, 1.807) is 19.1 Å². The van der Waals surface area contributed by atoms with E-state index in [0.717, 1.165) is 0 Å². The Hall–Kier alpha value is -1.23. The number of fused-ring (bicyclic) bond motifs is 1. The highest BCUT2D eigenvalue weighted by atomic mass is 19.3. The lowest BCUT2D eigenvalue weighted by molar-refractivity contribution is -0.0971. The van der Waals surface area contributed by atoms with Crippen LogP contribution in [0.1, 0.15) is 35.6 Å². The minimum absolute atomic E-state index is 0.242. The summed E-state index contributed by atoms with van der Waals surface area (Å²) < 4.78 is 45.6. The molecule has 0 heterocycles. The Bertz CT molecular complexity index is 510. The first-order valence-electron chi connectivity index (χ1n) is 6.37. The van der Waals surface area contributed by atoms with E-state index in [9.17, 15) is 18.3 Å². The van der Waals surface area contributed by atoms with Crippen molar-refractivity contribution in [2.45, 2.75) is 50.5 Å². The van der Waals surface area contributed by atoms with Crippen LogP contribution in [0.4, 0.5) is 13.2 Å². The summed E-state index contributed by atoms with van der Waals surface area (Å²) in [6.07, 6.45) is -2.78. The molecule has 0 aromatic heterocycles. The van der Waals surface area contributed by atoms with Gasteiger partial charge in [-0.25, -0.2) is 13.2 Å². The summed E-state index contributed by atoms with van der Waals surface area (Å²) in [4.78, 5) is 0. The molecule has 1 aromatic rings. The van der Waals surface area contributed by atoms with E-state index >= 15 is 0 Å². The molecule has 1 aromatic carbocycles. The van der Waals surface area contributed by atoms with E-state index in [2.05, 4.69) is 0 Å². The second-order valence-electron chi connectivity index (χ2n) is 5.42. The number of halogens is 3. The molecule has 0 amide bonds. The van der Waals surface area contributed by atoms with Crippen LogP contribution in [0.15, 0.2) is 12.1 Å². The molecular weight excluding hydrogens is 257 g/mol. The Labute approximate surface area is 109 Å². The molecule has 5 heteroatoms. The van der Waals surface area contributed by atoms with E-state index < -0.39 is 24.6 Å². The van der Waals surface area contributed by atoms with E-state index in [1.807, 2.05) is 0 Å². The topological polar surface area (TPSA) is 29.5 Å². The highest BCUT2D eigenvalue weighted by Crippen LogP contribution is 2.48. The lowest BCUT2D eigenvalue weighted by Gasteiger charge is -2.31. The van der Waals surface area contributed by atoms with Gasteiger partial charge in [0.1, 0.15) is 24.1 Å². The lowest BCUT2D eigenvalue weighted by Crippen LogP contribution is -2.35. The molecule has 3 rings (SSSR count). The molecule has 104 valence electrons. The maximum absolute atomic E-state index is 13.6. The van der Waals surface area contributed by atoms with Gasteiger partial charge in [-0.1, -0.05) is 6.07 Å². The first-order valence-corrected chi connectivity index (χ1v) is 6.37. The summed E-state index contributed by atoms with van der Waals surface area (Å²) in [5, 5.41) is 9.70. The summed E-state index contributed by atoms with van der Waals surface area (Å²) >= 11 is 0. The molecule has 2 nitrogen and oxygen atoms in total. The number of alkyl halides is 3. The number of rotatable bonds is 2. The van der Waals surface area contributed by atoms with Gasteiger partial charge in [0, 0.05) is 24.8 Å². The minimum atomic E-state index is -3.16. The van der Waals surface area contributed by atoms with Crippen LogP contribution >= 0.6 is 0 Å². The Morgan fingerprint density at radius 3 is 2.63 bits per heavy atom. The zero-order valence-electron chi connectivity index (χ0n) is 10.5. The zero-order chi connectivity index (χ0) is 13.8. The van der Waals surface area contributed by atoms with Crippen molar-refractivity contribution in [1.29, 1.82) is 0 Å². The van der Waals surface area contributed by atoms with Crippen molar-refractivity contribution >= 4 is 0 Å². The maximum atomic E-state index is 13.6. The Kier molecular flexibility index (Phi) is 2.78. The van der Waals surface area contributed by atoms with Crippen molar-refractivity contribution in [2.24, 2.45) is 0 Å². The highest BCUT2D eigenvalue weighted by Gasteiger charge is 2.49. The fraction of sp³-hybridized carbons (Fsp3) is 0.571. The average Bonchev–Trinajstić information content (AvgIpc) is 2.53. The van der Waals surface area contributed by atoms with Crippen molar-refractivity contribution in [3.63, 3.8) is 0 Å². The maximum Gasteiger partial charge on any atom is 0.281 e. The minimum Gasteiger partial charge on any atom is -0.490 e. The van der Waals surface area contributed by atoms with Crippen LogP contribution in [-0.2, 0) is 6.42 Å². The molecule has 0 saturated heterocycles. The van der Waals surface area contributed by atoms with Gasteiger partial charge in [0.05, 0.1) is 0 Å². The predicted molar refractivity (Wildman–Crippen MR) is 63.3 cm³/mol. The molecule has 1 fully saturated rings. The summed E-state index contributed by atoms with van der Waals surface area (Å²) in [5.41, 5.74) is 1.25. The summed E-state index contributed by atoms with van der Waals surface area (Å²) in [7, 11) is 0. The van der Waals surface area contributed by atoms with E-state index in [4.69, 9.17) is 4.74 Å². The van der Waals surface area contributed by atoms with Crippen LogP contribution in [0.3, 0.4) is 0 Å². The van der Waals surface area contributed by atoms with Gasteiger partial charge in [0.2, 0.25) is 0 Å². The number of aliphatic hydroxyl groups is 1. The van der Waals surface area contributed by atoms with Crippen LogP contribution in [0, 0.1) is 6.92 Å². The molecule has 1 atom stereocenters. The van der Waals surface area contributed by atoms with Crippen molar-refractivity contribution in [2.75, 3.05) is 0 Å². The zero-order valence-corrected chi connectivity index (χ0v) is 10.5. The molecule has 1 saturated carbocycles. The average molecular weight is 272 g/mol. The van der Waals surface area contributed by atoms with Crippen molar-refractivity contribution in [3.05, 3.63) is 28.8 Å². The van der Waals surface area contributed by atoms with Crippen LogP contribution in [0.25, 0.3) is 0 Å². The third-order valence-electron chi connectivity index (χ3n) is 3.95. The highest BCUT2D eigenvalue weighted by molar-refractivity contribution is 5.50. The van der Waals surface area contributed by atoms with Gasteiger partial charge >= 0.3 is 0 Å². The number of benzene rings is 1. The molecule has 0 spiro atoms. The summed E-state index contributed by atoms with van der Waals surface area (Å²) in [6.45, 7) is 1.69. The van der Waals surface area contributed by atoms with E-state index in [1.165, 1.54) is 0 Å². The summed E-state index contributed by atoms with van der Waals surface area (Å²) in [6, 6.07) is 3.29. The molecular formula is C14H15F3O2. The fourth-order valence-electron chi connectivity index (χ4n) is 2.76. The van der Waals surface area contributed by atoms with Crippen LogP contribution in [0.2, 0.25) is 0 Å². The molecule has 19 heavy (non-hydrogen) atoms. The third kappa shape index (κ3) is 2.00. The normalized spacial score (nSPS) is 31.7. The quantitative estimate of drug-likeness (QED) is 0.896. The molecule has 0 bridgehead atoms. The van der Waals surface area contributed by atoms with E-state index in [-0.39, 0.29) is 11.7 Å². The summed E-state index contributed by atoms with van der Waals surface area (Å²) in [5.74, 6) is -2.80. The smallest absolute Gasteiger partial charge is 0.281 e. The molecule has 1 unspecified atom stereocenters. The Morgan fingerprint density at radius 2 is 2.00 bits per heavy atom. The van der Waals surface area contributed by atoms with Gasteiger partial charge in [-0.2, -0.15) is 0 Å². The van der Waals surface area contributed by atoms with Gasteiger partial charge in [-0.15, -0.1) is 0 Å². The second kappa shape index (κ2) is 4.13. The molecule has 1 N–H and O–H groups in total. The number of hydrogen-bond acceptors (Lipinski definition) is 2. The standard InChI is InChI=1S/C14H15F3O2/c1-7-2-3-11(19-9-4-8(15)5-9)10-6-14(16,17)13(18)12(7)10/h2-3,8-9,13,18H,4-6H2,1H3. The lowest BCUT2D eigenvalue weighted by atomic mass is 9.93. The third-order valence-corrected chi connectivity index (χ3v) is 3.95. The van der Waals surface area contributed by atoms with Gasteiger partial charge in [-0.3, -0.25) is 0 Å². The molecule has 0 aliphatic heterocycles. The number of hydrogen-bond donors (Lipinski definition) is 1. The van der Waals surface area contributed by atoms with Gasteiger partial charge in [-0.05, 0) is 24.1 Å². The first-order chi connectivity index (χ1) is 8.88. The van der Waals surface area contributed by atoms with Crippen LogP contribution < -0.4 is 4.74 Å². The van der Waals surface area contributed by atoms with Gasteiger partial charge in [0.25, 0.3) is 5.92 Å². The van der Waals surface area contributed by atoms with Crippen molar-refractivity contribution < 1.29 is 23.0 Å². The second-order valence-corrected chi connectivity index (χ2v) is 5.42. The monoisotopic (exact) mass is 272 g/mol. The number of aryl methyl sites for hydroxylation is 1. The Balaban J connectivity index is 1.92. The van der Waals surface area contributed by atoms with Crippen LogP contribution in [0.5, 0.6) is 5.75 Å². The van der Waals surface area contributed by atoms with Crippen LogP contribution in [-0.4, -0.2) is 23.3 Å². The largest absolute Gasteiger partial charge is 0.490 e. The van der Waals surface area contributed by atoms with Crippen molar-refractivity contribution in [1.82, 2.24) is 0 Å². The number of aliphatic hydroxyl groups excluding tert-OH is 1. The SMILES string of the molecule is Cc1ccc(OC2CC(F)C2)c2c1C(O)C(F)(F)C2. The van der Waals surface area contributed by atoms with Crippen molar-refractivity contribution in [3.8, 4) is 5.75 Å².